The van der Waals surface area contributed by atoms with Gasteiger partial charge in [-0.05, 0) is 73.2 Å². The monoisotopic (exact) mass is 437 g/mol. The lowest BCUT2D eigenvalue weighted by Crippen LogP contribution is -2.36. The van der Waals surface area contributed by atoms with E-state index in [4.69, 9.17) is 9.53 Å². The second kappa shape index (κ2) is 11.2. The van der Waals surface area contributed by atoms with E-state index in [1.54, 1.807) is 12.3 Å². The van der Waals surface area contributed by atoms with Gasteiger partial charge in [0.05, 0.1) is 0 Å². The average Bonchev–Trinajstić information content (AvgIpc) is 3.65. The molecule has 7 nitrogen and oxygen atoms in total. The van der Waals surface area contributed by atoms with Crippen molar-refractivity contribution in [3.8, 4) is 17.0 Å². The van der Waals surface area contributed by atoms with Crippen molar-refractivity contribution in [2.24, 2.45) is 5.84 Å². The first-order valence-corrected chi connectivity index (χ1v) is 10.4. The molecule has 0 atom stereocenters. The fourth-order valence-electron chi connectivity index (χ4n) is 3.52. The first kappa shape index (κ1) is 23.2. The van der Waals surface area contributed by atoms with Gasteiger partial charge in [-0.2, -0.15) is 5.53 Å². The predicted molar refractivity (Wildman–Crippen MR) is 123 cm³/mol. The number of rotatable bonds is 8. The largest absolute Gasteiger partial charge is 0.489 e. The number of halogens is 1. The van der Waals surface area contributed by atoms with Crippen LogP contribution in [-0.4, -0.2) is 18.4 Å². The number of amides is 1. The van der Waals surface area contributed by atoms with Crippen LogP contribution in [-0.2, 0) is 11.4 Å². The lowest BCUT2D eigenvalue weighted by molar-refractivity contribution is -0.110. The van der Waals surface area contributed by atoms with E-state index in [1.165, 1.54) is 30.0 Å². The maximum atomic E-state index is 14.0. The number of hydrogen-bond acceptors (Lipinski definition) is 6. The highest BCUT2D eigenvalue weighted by molar-refractivity contribution is 5.62. The summed E-state index contributed by atoms with van der Waals surface area (Å²) < 4.78 is 20.1. The number of ether oxygens (including phenoxy) is 1. The summed E-state index contributed by atoms with van der Waals surface area (Å²) in [6.07, 6.45) is 4.55. The van der Waals surface area contributed by atoms with Gasteiger partial charge in [0.15, 0.2) is 0 Å². The number of aromatic nitrogens is 1. The van der Waals surface area contributed by atoms with E-state index in [0.29, 0.717) is 24.6 Å². The van der Waals surface area contributed by atoms with Crippen molar-refractivity contribution in [2.45, 2.75) is 32.3 Å². The highest BCUT2D eigenvalue weighted by Crippen LogP contribution is 2.43. The fourth-order valence-corrected chi connectivity index (χ4v) is 3.52. The molecule has 1 aromatic heterocycles. The topological polar surface area (TPSA) is 101 Å². The molecule has 8 heteroatoms. The molecule has 0 spiro atoms. The summed E-state index contributed by atoms with van der Waals surface area (Å²) in [5, 5.41) is 3.28. The van der Waals surface area contributed by atoms with Crippen molar-refractivity contribution in [3.05, 3.63) is 77.2 Å². The van der Waals surface area contributed by atoms with Crippen molar-refractivity contribution in [1.82, 2.24) is 15.9 Å². The number of nitrogens with one attached hydrogen (secondary N) is 3. The lowest BCUT2D eigenvalue weighted by Gasteiger charge is -2.16. The number of carbonyl (C=O) groups excluding carboxylic acids is 1. The molecule has 1 saturated carbocycles. The van der Waals surface area contributed by atoms with Crippen LogP contribution in [0.3, 0.4) is 0 Å². The summed E-state index contributed by atoms with van der Waals surface area (Å²) in [5.74, 6) is 5.70. The second-order valence-corrected chi connectivity index (χ2v) is 7.41. The number of anilines is 1. The molecule has 4 rings (SSSR count). The van der Waals surface area contributed by atoms with Crippen molar-refractivity contribution in [1.29, 1.82) is 0 Å². The molecule has 1 amide bonds. The van der Waals surface area contributed by atoms with E-state index in [2.05, 4.69) is 34.3 Å². The van der Waals surface area contributed by atoms with Crippen LogP contribution in [0.15, 0.2) is 54.7 Å². The standard InChI is InChI=1S/C23H23FN2O.CH5N3O/c1-15-13-17(23-20(24)6-4-12-26-23)10-11-22(15)27-14-19-18(16-8-9-16)5-3-7-21(19)25-2;2-4-3-1-5/h3-7,10-13,16,25H,8-9,14H2,1-2H3;1,4H,2H2,(H,3,5). The maximum absolute atomic E-state index is 14.0. The zero-order valence-corrected chi connectivity index (χ0v) is 18.2. The van der Waals surface area contributed by atoms with Crippen LogP contribution in [0.2, 0.25) is 0 Å². The number of pyridine rings is 1. The Morgan fingerprint density at radius 1 is 1.22 bits per heavy atom. The molecule has 5 N–H and O–H groups in total. The van der Waals surface area contributed by atoms with Crippen LogP contribution in [0.4, 0.5) is 10.1 Å². The second-order valence-electron chi connectivity index (χ2n) is 7.41. The number of nitrogens with zero attached hydrogens (tertiary/aromatic N) is 1. The molecule has 1 aliphatic carbocycles. The Morgan fingerprint density at radius 3 is 2.62 bits per heavy atom. The summed E-state index contributed by atoms with van der Waals surface area (Å²) in [6, 6.07) is 15.1. The normalized spacial score (nSPS) is 12.4. The molecule has 1 heterocycles. The highest BCUT2D eigenvalue weighted by Gasteiger charge is 2.27. The van der Waals surface area contributed by atoms with E-state index in [1.807, 2.05) is 43.1 Å². The zero-order chi connectivity index (χ0) is 22.9. The molecule has 3 aromatic rings. The Balaban J connectivity index is 0.000000523. The third kappa shape index (κ3) is 5.81. The Hall–Kier alpha value is -3.49. The average molecular weight is 438 g/mol. The summed E-state index contributed by atoms with van der Waals surface area (Å²) >= 11 is 0. The van der Waals surface area contributed by atoms with Gasteiger partial charge >= 0.3 is 0 Å². The molecular weight excluding hydrogens is 409 g/mol. The predicted octanol–water partition coefficient (Wildman–Crippen LogP) is 3.80. The summed E-state index contributed by atoms with van der Waals surface area (Å²) in [5.41, 5.74) is 9.66. The Labute approximate surface area is 187 Å². The van der Waals surface area contributed by atoms with Gasteiger partial charge in [0.2, 0.25) is 6.41 Å². The molecule has 1 aliphatic rings. The van der Waals surface area contributed by atoms with Gasteiger partial charge in [-0.25, -0.2) is 4.39 Å². The van der Waals surface area contributed by atoms with Crippen LogP contribution >= 0.6 is 0 Å². The fraction of sp³-hybridized carbons (Fsp3) is 0.250. The summed E-state index contributed by atoms with van der Waals surface area (Å²) in [7, 11) is 1.94. The van der Waals surface area contributed by atoms with E-state index in [9.17, 15) is 4.39 Å². The van der Waals surface area contributed by atoms with E-state index >= 15 is 0 Å². The molecule has 2 aromatic carbocycles. The first-order chi connectivity index (χ1) is 15.6. The van der Waals surface area contributed by atoms with Crippen LogP contribution < -0.4 is 26.9 Å². The van der Waals surface area contributed by atoms with Crippen LogP contribution in [0.5, 0.6) is 5.75 Å². The Morgan fingerprint density at radius 2 is 2.03 bits per heavy atom. The van der Waals surface area contributed by atoms with E-state index in [0.717, 1.165) is 22.6 Å². The van der Waals surface area contributed by atoms with Crippen molar-refractivity contribution in [2.75, 3.05) is 12.4 Å². The quantitative estimate of drug-likeness (QED) is 0.243. The number of carbonyl (C=O) groups is 1. The molecule has 0 bridgehead atoms. The number of aryl methyl sites for hydroxylation is 1. The van der Waals surface area contributed by atoms with Gasteiger partial charge in [-0.15, -0.1) is 0 Å². The third-order valence-electron chi connectivity index (χ3n) is 5.22. The summed E-state index contributed by atoms with van der Waals surface area (Å²) in [6.45, 7) is 2.49. The van der Waals surface area contributed by atoms with Crippen LogP contribution in [0.25, 0.3) is 11.3 Å². The first-order valence-electron chi connectivity index (χ1n) is 10.4. The van der Waals surface area contributed by atoms with Crippen LogP contribution in [0, 0.1) is 12.7 Å². The Kier molecular flexibility index (Phi) is 8.13. The minimum absolute atomic E-state index is 0.317. The third-order valence-corrected chi connectivity index (χ3v) is 5.22. The summed E-state index contributed by atoms with van der Waals surface area (Å²) in [4.78, 5) is 13.3. The maximum Gasteiger partial charge on any atom is 0.222 e. The van der Waals surface area contributed by atoms with Gasteiger partial charge in [-0.3, -0.25) is 21.0 Å². The van der Waals surface area contributed by atoms with E-state index < -0.39 is 0 Å². The van der Waals surface area contributed by atoms with Gasteiger partial charge < -0.3 is 10.1 Å². The molecule has 1 fully saturated rings. The van der Waals surface area contributed by atoms with Gasteiger partial charge in [0.1, 0.15) is 23.9 Å². The number of hydrogen-bond donors (Lipinski definition) is 4. The molecule has 0 radical (unpaired) electrons. The number of benzene rings is 2. The molecule has 0 saturated heterocycles. The molecule has 32 heavy (non-hydrogen) atoms. The smallest absolute Gasteiger partial charge is 0.222 e. The van der Waals surface area contributed by atoms with E-state index in [-0.39, 0.29) is 5.82 Å². The minimum Gasteiger partial charge on any atom is -0.489 e. The molecule has 168 valence electrons. The van der Waals surface area contributed by atoms with Crippen molar-refractivity contribution >= 4 is 12.1 Å². The van der Waals surface area contributed by atoms with Crippen molar-refractivity contribution in [3.63, 3.8) is 0 Å². The zero-order valence-electron chi connectivity index (χ0n) is 18.2. The molecule has 0 unspecified atom stereocenters. The molecular formula is C24H28FN5O2. The molecule has 0 aliphatic heterocycles. The van der Waals surface area contributed by atoms with Crippen LogP contribution in [0.1, 0.15) is 35.4 Å². The van der Waals surface area contributed by atoms with Gasteiger partial charge in [-0.1, -0.05) is 12.1 Å². The van der Waals surface area contributed by atoms with Crippen molar-refractivity contribution < 1.29 is 13.9 Å². The highest BCUT2D eigenvalue weighted by atomic mass is 19.1. The minimum atomic E-state index is -0.317. The Bertz CT molecular complexity index is 1060. The van der Waals surface area contributed by atoms with Gasteiger partial charge in [0, 0.05) is 30.1 Å². The SMILES string of the molecule is CNc1cccc(C2CC2)c1COc1ccc(-c2ncccc2F)cc1C.NNNC=O. The lowest BCUT2D eigenvalue weighted by atomic mass is 10.0. The number of nitrogens with two attached hydrogens (primary N) is 1. The van der Waals surface area contributed by atoms with Gasteiger partial charge in [0.25, 0.3) is 0 Å². The number of hydrazine groups is 2.